The van der Waals surface area contributed by atoms with Gasteiger partial charge >= 0.3 is 0 Å². The molecule has 0 radical (unpaired) electrons. The lowest BCUT2D eigenvalue weighted by Gasteiger charge is -1.93. The zero-order chi connectivity index (χ0) is 9.80. The number of aromatic nitrogens is 3. The SMILES string of the molecule is SCCc1nc(-c2cccnc2)c[nH]1. The lowest BCUT2D eigenvalue weighted by molar-refractivity contribution is 1.00. The van der Waals surface area contributed by atoms with Gasteiger partial charge in [0.05, 0.1) is 5.69 Å². The van der Waals surface area contributed by atoms with Gasteiger partial charge in [-0.2, -0.15) is 12.6 Å². The molecule has 0 spiro atoms. The van der Waals surface area contributed by atoms with Gasteiger partial charge in [0.25, 0.3) is 0 Å². The molecule has 0 unspecified atom stereocenters. The highest BCUT2D eigenvalue weighted by Crippen LogP contribution is 2.14. The average molecular weight is 205 g/mol. The quantitative estimate of drug-likeness (QED) is 0.752. The van der Waals surface area contributed by atoms with E-state index in [0.29, 0.717) is 0 Å². The molecule has 4 heteroatoms. The molecule has 2 aromatic rings. The number of nitrogens with zero attached hydrogens (tertiary/aromatic N) is 2. The first kappa shape index (κ1) is 9.27. The van der Waals surface area contributed by atoms with Crippen LogP contribution in [0.15, 0.2) is 30.7 Å². The summed E-state index contributed by atoms with van der Waals surface area (Å²) in [5.41, 5.74) is 1.98. The van der Waals surface area contributed by atoms with Crippen LogP contribution in [-0.4, -0.2) is 20.7 Å². The number of thiol groups is 1. The van der Waals surface area contributed by atoms with Crippen molar-refractivity contribution in [2.24, 2.45) is 0 Å². The van der Waals surface area contributed by atoms with Crippen LogP contribution in [0.25, 0.3) is 11.3 Å². The van der Waals surface area contributed by atoms with E-state index in [1.54, 1.807) is 12.4 Å². The molecule has 0 bridgehead atoms. The second-order valence-electron chi connectivity index (χ2n) is 2.95. The van der Waals surface area contributed by atoms with Gasteiger partial charge in [0.1, 0.15) is 5.82 Å². The second kappa shape index (κ2) is 4.28. The van der Waals surface area contributed by atoms with Gasteiger partial charge in [-0.15, -0.1) is 0 Å². The lowest BCUT2D eigenvalue weighted by Crippen LogP contribution is -1.88. The molecular formula is C10H11N3S. The van der Waals surface area contributed by atoms with Crippen LogP contribution in [-0.2, 0) is 6.42 Å². The molecule has 0 saturated carbocycles. The van der Waals surface area contributed by atoms with Crippen LogP contribution in [0.3, 0.4) is 0 Å². The summed E-state index contributed by atoms with van der Waals surface area (Å²) in [7, 11) is 0. The van der Waals surface area contributed by atoms with E-state index in [4.69, 9.17) is 0 Å². The molecule has 0 aliphatic heterocycles. The molecule has 2 rings (SSSR count). The van der Waals surface area contributed by atoms with Crippen LogP contribution in [0.2, 0.25) is 0 Å². The molecule has 0 aliphatic rings. The fourth-order valence-electron chi connectivity index (χ4n) is 1.26. The Morgan fingerprint density at radius 1 is 1.43 bits per heavy atom. The Kier molecular flexibility index (Phi) is 2.84. The molecule has 2 aromatic heterocycles. The summed E-state index contributed by atoms with van der Waals surface area (Å²) in [6.07, 6.45) is 6.32. The van der Waals surface area contributed by atoms with E-state index in [9.17, 15) is 0 Å². The minimum Gasteiger partial charge on any atom is -0.348 e. The van der Waals surface area contributed by atoms with Gasteiger partial charge < -0.3 is 4.98 Å². The van der Waals surface area contributed by atoms with Crippen LogP contribution in [0.1, 0.15) is 5.82 Å². The number of pyridine rings is 1. The van der Waals surface area contributed by atoms with Gasteiger partial charge in [-0.25, -0.2) is 4.98 Å². The van der Waals surface area contributed by atoms with Crippen molar-refractivity contribution in [2.75, 3.05) is 5.75 Å². The van der Waals surface area contributed by atoms with Gasteiger partial charge in [0, 0.05) is 30.6 Å². The highest BCUT2D eigenvalue weighted by molar-refractivity contribution is 7.80. The van der Waals surface area contributed by atoms with Gasteiger partial charge in [-0.1, -0.05) is 0 Å². The van der Waals surface area contributed by atoms with Crippen molar-refractivity contribution < 1.29 is 0 Å². The van der Waals surface area contributed by atoms with Crippen molar-refractivity contribution in [3.63, 3.8) is 0 Å². The van der Waals surface area contributed by atoms with Gasteiger partial charge in [-0.3, -0.25) is 4.98 Å². The Hall–Kier alpha value is -1.29. The van der Waals surface area contributed by atoms with Crippen LogP contribution in [0.5, 0.6) is 0 Å². The maximum Gasteiger partial charge on any atom is 0.107 e. The number of imidazole rings is 1. The zero-order valence-corrected chi connectivity index (χ0v) is 8.54. The van der Waals surface area contributed by atoms with E-state index in [-0.39, 0.29) is 0 Å². The normalized spacial score (nSPS) is 10.4. The Morgan fingerprint density at radius 2 is 2.36 bits per heavy atom. The fourth-order valence-corrected chi connectivity index (χ4v) is 1.47. The third-order valence-electron chi connectivity index (χ3n) is 1.94. The van der Waals surface area contributed by atoms with Crippen molar-refractivity contribution in [1.82, 2.24) is 15.0 Å². The van der Waals surface area contributed by atoms with Gasteiger partial charge in [0.2, 0.25) is 0 Å². The predicted molar refractivity (Wildman–Crippen MR) is 59.4 cm³/mol. The number of hydrogen-bond donors (Lipinski definition) is 2. The van der Waals surface area contributed by atoms with E-state index in [2.05, 4.69) is 27.6 Å². The van der Waals surface area contributed by atoms with E-state index < -0.39 is 0 Å². The fraction of sp³-hybridized carbons (Fsp3) is 0.200. The molecule has 0 saturated heterocycles. The summed E-state index contributed by atoms with van der Waals surface area (Å²) in [5.74, 6) is 1.78. The maximum absolute atomic E-state index is 4.43. The summed E-state index contributed by atoms with van der Waals surface area (Å²) in [6.45, 7) is 0. The highest BCUT2D eigenvalue weighted by atomic mass is 32.1. The summed E-state index contributed by atoms with van der Waals surface area (Å²) >= 11 is 4.16. The summed E-state index contributed by atoms with van der Waals surface area (Å²) < 4.78 is 0. The second-order valence-corrected chi connectivity index (χ2v) is 3.39. The first-order valence-corrected chi connectivity index (χ1v) is 5.09. The summed E-state index contributed by atoms with van der Waals surface area (Å²) in [4.78, 5) is 11.6. The van der Waals surface area contributed by atoms with Crippen molar-refractivity contribution in [1.29, 1.82) is 0 Å². The molecule has 0 amide bonds. The molecule has 0 aromatic carbocycles. The maximum atomic E-state index is 4.43. The first-order chi connectivity index (χ1) is 6.90. The number of nitrogens with one attached hydrogen (secondary N) is 1. The standard InChI is InChI=1S/C10H11N3S/c14-5-3-10-12-7-9(13-10)8-2-1-4-11-6-8/h1-2,4,6-7,14H,3,5H2,(H,12,13). The van der Waals surface area contributed by atoms with Gasteiger partial charge in [-0.05, 0) is 17.9 Å². The molecular weight excluding hydrogens is 194 g/mol. The Bertz CT molecular complexity index is 397. The number of hydrogen-bond acceptors (Lipinski definition) is 3. The minimum atomic E-state index is 0.806. The number of rotatable bonds is 3. The third kappa shape index (κ3) is 1.96. The third-order valence-corrected chi connectivity index (χ3v) is 2.16. The smallest absolute Gasteiger partial charge is 0.107 e. The minimum absolute atomic E-state index is 0.806. The van der Waals surface area contributed by atoms with Gasteiger partial charge in [0.15, 0.2) is 0 Å². The molecule has 2 heterocycles. The van der Waals surface area contributed by atoms with Crippen LogP contribution in [0.4, 0.5) is 0 Å². The monoisotopic (exact) mass is 205 g/mol. The predicted octanol–water partition coefficient (Wildman–Crippen LogP) is 1.94. The van der Waals surface area contributed by atoms with Crippen molar-refractivity contribution in [3.05, 3.63) is 36.5 Å². The molecule has 1 N–H and O–H groups in total. The molecule has 3 nitrogen and oxygen atoms in total. The zero-order valence-electron chi connectivity index (χ0n) is 7.64. The molecule has 14 heavy (non-hydrogen) atoms. The highest BCUT2D eigenvalue weighted by Gasteiger charge is 2.02. The van der Waals surface area contributed by atoms with E-state index in [0.717, 1.165) is 29.3 Å². The van der Waals surface area contributed by atoms with Crippen LogP contribution < -0.4 is 0 Å². The summed E-state index contributed by atoms with van der Waals surface area (Å²) in [5, 5.41) is 0. The summed E-state index contributed by atoms with van der Waals surface area (Å²) in [6, 6.07) is 3.90. The Balaban J connectivity index is 2.25. The Morgan fingerprint density at radius 3 is 3.07 bits per heavy atom. The van der Waals surface area contributed by atoms with Crippen molar-refractivity contribution in [2.45, 2.75) is 6.42 Å². The number of H-pyrrole nitrogens is 1. The van der Waals surface area contributed by atoms with Crippen molar-refractivity contribution >= 4 is 12.6 Å². The topological polar surface area (TPSA) is 41.6 Å². The van der Waals surface area contributed by atoms with Crippen LogP contribution >= 0.6 is 12.6 Å². The molecule has 0 atom stereocenters. The van der Waals surface area contributed by atoms with Crippen molar-refractivity contribution in [3.8, 4) is 11.3 Å². The first-order valence-electron chi connectivity index (χ1n) is 4.45. The van der Waals surface area contributed by atoms with E-state index in [1.807, 2.05) is 18.3 Å². The molecule has 72 valence electrons. The molecule has 0 aliphatic carbocycles. The average Bonchev–Trinajstić information content (AvgIpc) is 2.68. The lowest BCUT2D eigenvalue weighted by atomic mass is 10.2. The number of aromatic amines is 1. The Labute approximate surface area is 88.0 Å². The van der Waals surface area contributed by atoms with E-state index >= 15 is 0 Å². The number of aryl methyl sites for hydroxylation is 1. The molecule has 0 fully saturated rings. The largest absolute Gasteiger partial charge is 0.348 e. The van der Waals surface area contributed by atoms with E-state index in [1.165, 1.54) is 0 Å². The van der Waals surface area contributed by atoms with Crippen LogP contribution in [0, 0.1) is 0 Å².